The second kappa shape index (κ2) is 6.92. The van der Waals surface area contributed by atoms with Crippen molar-refractivity contribution in [3.8, 4) is 5.95 Å². The Morgan fingerprint density at radius 3 is 2.54 bits per heavy atom. The van der Waals surface area contributed by atoms with Gasteiger partial charge in [-0.05, 0) is 28.8 Å². The highest BCUT2D eigenvalue weighted by atomic mass is 16.6. The zero-order valence-electron chi connectivity index (χ0n) is 14.5. The molecule has 0 aliphatic carbocycles. The topological polar surface area (TPSA) is 44.4 Å². The van der Waals surface area contributed by atoms with Gasteiger partial charge in [0.1, 0.15) is 6.61 Å². The third-order valence-corrected chi connectivity index (χ3v) is 4.56. The molecule has 4 heteroatoms. The van der Waals surface area contributed by atoms with E-state index in [2.05, 4.69) is 18.2 Å². The maximum Gasteiger partial charge on any atom is 0.422 e. The van der Waals surface area contributed by atoms with Gasteiger partial charge in [0.15, 0.2) is 0 Å². The van der Waals surface area contributed by atoms with Crippen LogP contribution in [0.2, 0.25) is 0 Å². The minimum absolute atomic E-state index is 0.161. The van der Waals surface area contributed by atoms with Gasteiger partial charge in [0.25, 0.3) is 0 Å². The predicted octanol–water partition coefficient (Wildman–Crippen LogP) is 4.78. The molecule has 0 spiro atoms. The number of fused-ring (bicyclic) bond motifs is 1. The Morgan fingerprint density at radius 1 is 0.962 bits per heavy atom. The molecular formula is C22H19NO3. The highest BCUT2D eigenvalue weighted by Crippen LogP contribution is 2.27. The lowest BCUT2D eigenvalue weighted by Gasteiger charge is -2.14. The van der Waals surface area contributed by atoms with E-state index >= 15 is 0 Å². The highest BCUT2D eigenvalue weighted by Gasteiger charge is 2.16. The molecule has 0 N–H and O–H groups in total. The lowest BCUT2D eigenvalue weighted by Crippen LogP contribution is -2.18. The van der Waals surface area contributed by atoms with Crippen LogP contribution in [0.4, 0.5) is 0 Å². The molecule has 0 radical (unpaired) electrons. The fourth-order valence-electron chi connectivity index (χ4n) is 3.16. The molecule has 0 amide bonds. The third-order valence-electron chi connectivity index (χ3n) is 4.56. The molecule has 0 fully saturated rings. The van der Waals surface area contributed by atoms with E-state index in [0.29, 0.717) is 6.61 Å². The van der Waals surface area contributed by atoms with Gasteiger partial charge in [0.2, 0.25) is 0 Å². The minimum atomic E-state index is -0.423. The van der Waals surface area contributed by atoms with Gasteiger partial charge in [-0.1, -0.05) is 72.8 Å². The van der Waals surface area contributed by atoms with Crippen molar-refractivity contribution in [3.05, 3.63) is 101 Å². The van der Waals surface area contributed by atoms with Crippen LogP contribution < -0.4 is 10.5 Å². The van der Waals surface area contributed by atoms with E-state index in [0.717, 1.165) is 21.9 Å². The van der Waals surface area contributed by atoms with Gasteiger partial charge in [-0.15, -0.1) is 0 Å². The number of nitrogens with zero attached hydrogens (tertiary/aromatic N) is 1. The summed E-state index contributed by atoms with van der Waals surface area (Å²) in [6.45, 7) is 2.34. The summed E-state index contributed by atoms with van der Waals surface area (Å²) in [5.41, 5.74) is 2.09. The molecule has 0 saturated heterocycles. The van der Waals surface area contributed by atoms with Gasteiger partial charge in [0, 0.05) is 0 Å². The number of hydrogen-bond donors (Lipinski definition) is 0. The van der Waals surface area contributed by atoms with Crippen molar-refractivity contribution in [2.45, 2.75) is 19.6 Å². The van der Waals surface area contributed by atoms with Crippen LogP contribution >= 0.6 is 0 Å². The summed E-state index contributed by atoms with van der Waals surface area (Å²) >= 11 is 0. The van der Waals surface area contributed by atoms with E-state index in [1.54, 1.807) is 10.8 Å². The van der Waals surface area contributed by atoms with E-state index in [1.807, 2.05) is 61.5 Å². The summed E-state index contributed by atoms with van der Waals surface area (Å²) in [7, 11) is 0. The molecule has 1 aromatic heterocycles. The van der Waals surface area contributed by atoms with Crippen molar-refractivity contribution in [1.29, 1.82) is 0 Å². The van der Waals surface area contributed by atoms with Crippen molar-refractivity contribution in [3.63, 3.8) is 0 Å². The molecule has 1 heterocycles. The van der Waals surface area contributed by atoms with Crippen LogP contribution in [0, 0.1) is 0 Å². The number of rotatable bonds is 5. The summed E-state index contributed by atoms with van der Waals surface area (Å²) in [5.74, 6) is -0.195. The normalized spacial score (nSPS) is 12.2. The number of ether oxygens (including phenoxy) is 1. The molecule has 1 unspecified atom stereocenters. The first kappa shape index (κ1) is 16.2. The van der Waals surface area contributed by atoms with Crippen LogP contribution in [0.1, 0.15) is 24.1 Å². The number of hydrogen-bond acceptors (Lipinski definition) is 3. The Kier molecular flexibility index (Phi) is 4.32. The van der Waals surface area contributed by atoms with Crippen molar-refractivity contribution in [2.75, 3.05) is 0 Å². The van der Waals surface area contributed by atoms with Crippen LogP contribution in [0.15, 0.2) is 88.2 Å². The van der Waals surface area contributed by atoms with E-state index in [1.165, 1.54) is 0 Å². The summed E-state index contributed by atoms with van der Waals surface area (Å²) < 4.78 is 12.5. The van der Waals surface area contributed by atoms with Crippen LogP contribution in [0.5, 0.6) is 5.95 Å². The van der Waals surface area contributed by atoms with Gasteiger partial charge in [-0.25, -0.2) is 4.79 Å². The fourth-order valence-corrected chi connectivity index (χ4v) is 3.16. The summed E-state index contributed by atoms with van der Waals surface area (Å²) in [6, 6.07) is 23.9. The predicted molar refractivity (Wildman–Crippen MR) is 102 cm³/mol. The molecule has 0 aliphatic rings. The van der Waals surface area contributed by atoms with Crippen molar-refractivity contribution in [1.82, 2.24) is 4.57 Å². The first-order valence-electron chi connectivity index (χ1n) is 8.59. The first-order chi connectivity index (χ1) is 12.7. The van der Waals surface area contributed by atoms with Gasteiger partial charge >= 0.3 is 11.7 Å². The largest absolute Gasteiger partial charge is 0.459 e. The maximum absolute atomic E-state index is 12.3. The maximum atomic E-state index is 12.3. The quantitative estimate of drug-likeness (QED) is 0.523. The SMILES string of the molecule is CC(c1cccc2ccccc12)n1cc(OCc2ccccc2)oc1=O. The van der Waals surface area contributed by atoms with Gasteiger partial charge in [-0.2, -0.15) is 0 Å². The monoisotopic (exact) mass is 345 g/mol. The molecule has 0 bridgehead atoms. The third kappa shape index (κ3) is 3.14. The zero-order valence-corrected chi connectivity index (χ0v) is 14.5. The first-order valence-corrected chi connectivity index (χ1v) is 8.59. The molecule has 3 aromatic carbocycles. The van der Waals surface area contributed by atoms with Gasteiger partial charge in [0.05, 0.1) is 12.2 Å². The summed E-state index contributed by atoms with van der Waals surface area (Å²) in [4.78, 5) is 12.3. The Labute approximate surface area is 151 Å². The van der Waals surface area contributed by atoms with Crippen molar-refractivity contribution in [2.24, 2.45) is 0 Å². The molecule has 0 aliphatic heterocycles. The molecule has 4 nitrogen and oxygen atoms in total. The van der Waals surface area contributed by atoms with Gasteiger partial charge in [-0.3, -0.25) is 4.57 Å². The van der Waals surface area contributed by atoms with E-state index in [4.69, 9.17) is 9.15 Å². The zero-order chi connectivity index (χ0) is 17.9. The molecule has 26 heavy (non-hydrogen) atoms. The highest BCUT2D eigenvalue weighted by molar-refractivity contribution is 5.86. The molecule has 130 valence electrons. The van der Waals surface area contributed by atoms with Crippen LogP contribution in [-0.2, 0) is 6.61 Å². The second-order valence-electron chi connectivity index (χ2n) is 6.24. The fraction of sp³-hybridized carbons (Fsp3) is 0.136. The Bertz CT molecular complexity index is 1070. The summed E-state index contributed by atoms with van der Waals surface area (Å²) in [5, 5.41) is 2.27. The minimum Gasteiger partial charge on any atom is -0.459 e. The smallest absolute Gasteiger partial charge is 0.422 e. The number of oxazole rings is 1. The van der Waals surface area contributed by atoms with Crippen LogP contribution in [0.25, 0.3) is 10.8 Å². The number of aromatic nitrogens is 1. The van der Waals surface area contributed by atoms with E-state index in [-0.39, 0.29) is 12.0 Å². The second-order valence-corrected chi connectivity index (χ2v) is 6.24. The Hall–Kier alpha value is -3.27. The molecule has 4 rings (SSSR count). The van der Waals surface area contributed by atoms with Crippen LogP contribution in [0.3, 0.4) is 0 Å². The molecule has 4 aromatic rings. The average molecular weight is 345 g/mol. The lowest BCUT2D eigenvalue weighted by molar-refractivity contribution is 0.226. The van der Waals surface area contributed by atoms with E-state index in [9.17, 15) is 4.79 Å². The van der Waals surface area contributed by atoms with E-state index < -0.39 is 5.76 Å². The summed E-state index contributed by atoms with van der Waals surface area (Å²) in [6.07, 6.45) is 1.64. The molecule has 0 saturated carbocycles. The lowest BCUT2D eigenvalue weighted by atomic mass is 10.00. The Morgan fingerprint density at radius 2 is 1.69 bits per heavy atom. The van der Waals surface area contributed by atoms with Crippen molar-refractivity contribution < 1.29 is 9.15 Å². The molecular weight excluding hydrogens is 326 g/mol. The van der Waals surface area contributed by atoms with Gasteiger partial charge < -0.3 is 9.15 Å². The number of benzene rings is 3. The average Bonchev–Trinajstić information content (AvgIpc) is 3.07. The van der Waals surface area contributed by atoms with Crippen LogP contribution in [-0.4, -0.2) is 4.57 Å². The standard InChI is InChI=1S/C22H19NO3/c1-16(19-13-7-11-18-10-5-6-12-20(18)19)23-14-21(26-22(23)24)25-15-17-8-3-2-4-9-17/h2-14,16H,15H2,1H3. The molecule has 1 atom stereocenters. The van der Waals surface area contributed by atoms with Crippen molar-refractivity contribution >= 4 is 10.8 Å². The Balaban J connectivity index is 1.61.